The molecule has 0 aliphatic rings. The molecule has 0 aromatic heterocycles. The maximum atomic E-state index is 10.6. The topological polar surface area (TPSA) is 78.8 Å². The molecule has 0 aromatic carbocycles. The molecule has 0 bridgehead atoms. The molecule has 0 aromatic rings. The number of hydrogen-bond donors (Lipinski definition) is 3. The van der Waals surface area contributed by atoms with Gasteiger partial charge in [0.2, 0.25) is 0 Å². The lowest BCUT2D eigenvalue weighted by molar-refractivity contribution is -0.0186. The van der Waals surface area contributed by atoms with Crippen molar-refractivity contribution in [3.63, 3.8) is 0 Å². The number of aliphatic hydroxyl groups is 1. The summed E-state index contributed by atoms with van der Waals surface area (Å²) >= 11 is 0. The Labute approximate surface area is 111 Å². The molecule has 2 unspecified atom stereocenters. The largest absolute Gasteiger partial charge is 0.465 e. The molecule has 0 spiro atoms. The Bertz CT molecular complexity index is 297. The van der Waals surface area contributed by atoms with Crippen LogP contribution in [0, 0.1) is 0 Å². The van der Waals surface area contributed by atoms with Gasteiger partial charge in [0.1, 0.15) is 5.60 Å². The van der Waals surface area contributed by atoms with Gasteiger partial charge in [0.05, 0.1) is 12.6 Å². The van der Waals surface area contributed by atoms with Crippen LogP contribution in [0.1, 0.15) is 34.6 Å². The third kappa shape index (κ3) is 4.95. The first-order chi connectivity index (χ1) is 7.79. The van der Waals surface area contributed by atoms with Crippen molar-refractivity contribution in [3.05, 3.63) is 0 Å². The van der Waals surface area contributed by atoms with Crippen LogP contribution < -0.4 is 5.32 Å². The first-order valence-corrected chi connectivity index (χ1v) is 9.06. The number of nitrogens with one attached hydrogen (secondary N) is 1. The van der Waals surface area contributed by atoms with E-state index in [1.54, 1.807) is 13.8 Å². The van der Waals surface area contributed by atoms with Crippen LogP contribution in [0.4, 0.5) is 4.79 Å². The molecule has 3 N–H and O–H groups in total. The van der Waals surface area contributed by atoms with E-state index in [1.165, 1.54) is 0 Å². The molecular weight excluding hydrogens is 250 g/mol. The molecule has 0 saturated heterocycles. The van der Waals surface area contributed by atoms with Gasteiger partial charge in [-0.1, -0.05) is 20.8 Å². The van der Waals surface area contributed by atoms with E-state index in [1.807, 2.05) is 0 Å². The van der Waals surface area contributed by atoms with Gasteiger partial charge in [-0.3, -0.25) is 0 Å². The molecule has 1 amide bonds. The second-order valence-electron chi connectivity index (χ2n) is 6.58. The first kappa shape index (κ1) is 17.4. The molecule has 0 aliphatic carbocycles. The standard InChI is InChI=1S/C12H27NO4Si/c1-9(13-10(14)15)12(5,16)8-17-18(6,7)11(2,3)4/h9,13,16H,8H2,1-7H3,(H,14,15). The van der Waals surface area contributed by atoms with Gasteiger partial charge in [0.15, 0.2) is 8.32 Å². The zero-order valence-electron chi connectivity index (χ0n) is 12.5. The molecule has 0 heterocycles. The highest BCUT2D eigenvalue weighted by atomic mass is 28.4. The second-order valence-corrected chi connectivity index (χ2v) is 11.4. The molecule has 0 rings (SSSR count). The van der Waals surface area contributed by atoms with E-state index in [9.17, 15) is 9.90 Å². The SMILES string of the molecule is CC(NC(=O)O)C(C)(O)CO[Si](C)(C)C(C)(C)C. The van der Waals surface area contributed by atoms with E-state index >= 15 is 0 Å². The van der Waals surface area contributed by atoms with Gasteiger partial charge in [-0.05, 0) is 32.0 Å². The molecule has 2 atom stereocenters. The molecule has 5 nitrogen and oxygen atoms in total. The molecular formula is C12H27NO4Si. The van der Waals surface area contributed by atoms with Gasteiger partial charge >= 0.3 is 6.09 Å². The third-order valence-electron chi connectivity index (χ3n) is 3.80. The maximum absolute atomic E-state index is 10.6. The van der Waals surface area contributed by atoms with Gasteiger partial charge in [-0.25, -0.2) is 4.79 Å². The zero-order chi connectivity index (χ0) is 14.8. The normalized spacial score (nSPS) is 18.0. The van der Waals surface area contributed by atoms with E-state index in [-0.39, 0.29) is 11.6 Å². The summed E-state index contributed by atoms with van der Waals surface area (Å²) in [5.41, 5.74) is -1.21. The summed E-state index contributed by atoms with van der Waals surface area (Å²) in [5.74, 6) is 0. The lowest BCUT2D eigenvalue weighted by Gasteiger charge is -2.39. The van der Waals surface area contributed by atoms with Crippen molar-refractivity contribution in [3.8, 4) is 0 Å². The van der Waals surface area contributed by atoms with Crippen LogP contribution in [0.25, 0.3) is 0 Å². The average Bonchev–Trinajstić information content (AvgIpc) is 2.12. The smallest absolute Gasteiger partial charge is 0.404 e. The van der Waals surface area contributed by atoms with Crippen LogP contribution in [0.2, 0.25) is 18.1 Å². The van der Waals surface area contributed by atoms with Crippen molar-refractivity contribution in [2.75, 3.05) is 6.61 Å². The summed E-state index contributed by atoms with van der Waals surface area (Å²) in [4.78, 5) is 10.6. The lowest BCUT2D eigenvalue weighted by Crippen LogP contribution is -2.54. The minimum absolute atomic E-state index is 0.0620. The maximum Gasteiger partial charge on any atom is 0.404 e. The van der Waals surface area contributed by atoms with Crippen LogP contribution in [0.5, 0.6) is 0 Å². The van der Waals surface area contributed by atoms with Crippen LogP contribution in [0.3, 0.4) is 0 Å². The number of amides is 1. The summed E-state index contributed by atoms with van der Waals surface area (Å²) in [6, 6.07) is -0.584. The molecule has 0 radical (unpaired) electrons. The Hall–Kier alpha value is -0.593. The Morgan fingerprint density at radius 1 is 1.33 bits per heavy atom. The molecule has 0 saturated carbocycles. The van der Waals surface area contributed by atoms with Gasteiger partial charge in [-0.2, -0.15) is 0 Å². The van der Waals surface area contributed by atoms with Gasteiger partial charge < -0.3 is 20.0 Å². The van der Waals surface area contributed by atoms with Gasteiger partial charge in [0, 0.05) is 0 Å². The highest BCUT2D eigenvalue weighted by Gasteiger charge is 2.40. The Balaban J connectivity index is 4.56. The summed E-state index contributed by atoms with van der Waals surface area (Å²) in [6.07, 6.45) is -1.14. The van der Waals surface area contributed by atoms with Crippen LogP contribution >= 0.6 is 0 Å². The highest BCUT2D eigenvalue weighted by molar-refractivity contribution is 6.74. The van der Waals surface area contributed by atoms with E-state index in [2.05, 4.69) is 39.2 Å². The predicted molar refractivity (Wildman–Crippen MR) is 74.4 cm³/mol. The number of carboxylic acid groups (broad SMARTS) is 1. The summed E-state index contributed by atoms with van der Waals surface area (Å²) < 4.78 is 5.92. The summed E-state index contributed by atoms with van der Waals surface area (Å²) in [6.45, 7) is 13.9. The fourth-order valence-electron chi connectivity index (χ4n) is 1.01. The Morgan fingerprint density at radius 3 is 2.11 bits per heavy atom. The first-order valence-electron chi connectivity index (χ1n) is 6.15. The number of hydrogen-bond acceptors (Lipinski definition) is 3. The molecule has 0 aliphatic heterocycles. The average molecular weight is 277 g/mol. The van der Waals surface area contributed by atoms with E-state index in [4.69, 9.17) is 9.53 Å². The van der Waals surface area contributed by atoms with E-state index in [0.29, 0.717) is 0 Å². The fourth-order valence-corrected chi connectivity index (χ4v) is 2.09. The van der Waals surface area contributed by atoms with Crippen molar-refractivity contribution in [2.24, 2.45) is 0 Å². The highest BCUT2D eigenvalue weighted by Crippen LogP contribution is 2.37. The van der Waals surface area contributed by atoms with Crippen molar-refractivity contribution < 1.29 is 19.4 Å². The molecule has 18 heavy (non-hydrogen) atoms. The summed E-state index contributed by atoms with van der Waals surface area (Å²) in [5, 5.41) is 21.2. The number of carbonyl (C=O) groups is 1. The Kier molecular flexibility index (Phi) is 5.40. The minimum atomic E-state index is -1.94. The predicted octanol–water partition coefficient (Wildman–Crippen LogP) is 2.42. The Morgan fingerprint density at radius 2 is 1.78 bits per heavy atom. The quantitative estimate of drug-likeness (QED) is 0.674. The van der Waals surface area contributed by atoms with Crippen LogP contribution in [-0.2, 0) is 4.43 Å². The number of rotatable bonds is 5. The zero-order valence-corrected chi connectivity index (χ0v) is 13.5. The minimum Gasteiger partial charge on any atom is -0.465 e. The van der Waals surface area contributed by atoms with Crippen molar-refractivity contribution in [1.82, 2.24) is 5.32 Å². The van der Waals surface area contributed by atoms with Gasteiger partial charge in [-0.15, -0.1) is 0 Å². The van der Waals surface area contributed by atoms with E-state index in [0.717, 1.165) is 0 Å². The summed E-state index contributed by atoms with van der Waals surface area (Å²) in [7, 11) is -1.94. The van der Waals surface area contributed by atoms with Crippen LogP contribution in [0.15, 0.2) is 0 Å². The lowest BCUT2D eigenvalue weighted by atomic mass is 10.00. The fraction of sp³-hybridized carbons (Fsp3) is 0.917. The van der Waals surface area contributed by atoms with E-state index < -0.39 is 26.1 Å². The van der Waals surface area contributed by atoms with Crippen molar-refractivity contribution in [1.29, 1.82) is 0 Å². The van der Waals surface area contributed by atoms with Crippen molar-refractivity contribution >= 4 is 14.4 Å². The third-order valence-corrected chi connectivity index (χ3v) is 8.28. The molecule has 108 valence electrons. The van der Waals surface area contributed by atoms with Gasteiger partial charge in [0.25, 0.3) is 0 Å². The van der Waals surface area contributed by atoms with Crippen molar-refractivity contribution in [2.45, 2.75) is 64.4 Å². The monoisotopic (exact) mass is 277 g/mol. The molecule has 0 fully saturated rings. The second kappa shape index (κ2) is 5.58. The molecule has 6 heteroatoms. The van der Waals surface area contributed by atoms with Crippen LogP contribution in [-0.4, -0.2) is 42.9 Å².